The van der Waals surface area contributed by atoms with E-state index in [2.05, 4.69) is 27.9 Å². The van der Waals surface area contributed by atoms with Crippen LogP contribution in [0, 0.1) is 11.3 Å². The van der Waals surface area contributed by atoms with Crippen LogP contribution >= 0.6 is 15.9 Å². The van der Waals surface area contributed by atoms with Crippen molar-refractivity contribution in [3.63, 3.8) is 0 Å². The lowest BCUT2D eigenvalue weighted by molar-refractivity contribution is 0.181. The Morgan fingerprint density at radius 1 is 1.12 bits per heavy atom. The van der Waals surface area contributed by atoms with Gasteiger partial charge < -0.3 is 4.90 Å². The van der Waals surface area contributed by atoms with Crippen LogP contribution in [-0.2, 0) is 0 Å². The highest BCUT2D eigenvalue weighted by molar-refractivity contribution is 9.09. The fraction of sp³-hybridized carbons (Fsp3) is 1.00. The van der Waals surface area contributed by atoms with E-state index < -0.39 is 0 Å². The minimum absolute atomic E-state index is 0.605. The molecule has 16 heavy (non-hydrogen) atoms. The summed E-state index contributed by atoms with van der Waals surface area (Å²) < 4.78 is 0. The summed E-state index contributed by atoms with van der Waals surface area (Å²) in [6.07, 6.45) is 11.7. The lowest BCUT2D eigenvalue weighted by atomic mass is 9.88. The van der Waals surface area contributed by atoms with E-state index in [1.54, 1.807) is 0 Å². The third-order valence-corrected chi connectivity index (χ3v) is 5.79. The molecule has 1 nitrogen and oxygen atoms in total. The van der Waals surface area contributed by atoms with Crippen molar-refractivity contribution in [2.24, 2.45) is 11.3 Å². The van der Waals surface area contributed by atoms with E-state index >= 15 is 0 Å². The molecule has 2 aliphatic rings. The van der Waals surface area contributed by atoms with Crippen molar-refractivity contribution in [1.82, 2.24) is 4.90 Å². The van der Waals surface area contributed by atoms with Crippen molar-refractivity contribution in [1.29, 1.82) is 0 Å². The maximum Gasteiger partial charge on any atom is 0.0100 e. The van der Waals surface area contributed by atoms with Gasteiger partial charge in [0.05, 0.1) is 0 Å². The summed E-state index contributed by atoms with van der Waals surface area (Å²) >= 11 is 3.75. The molecule has 0 amide bonds. The Kier molecular flexibility index (Phi) is 4.72. The average molecular weight is 288 g/mol. The van der Waals surface area contributed by atoms with E-state index in [-0.39, 0.29) is 0 Å². The summed E-state index contributed by atoms with van der Waals surface area (Å²) in [6, 6.07) is 0. The normalized spacial score (nSPS) is 25.7. The van der Waals surface area contributed by atoms with Gasteiger partial charge in [-0.3, -0.25) is 0 Å². The molecular weight excluding hydrogens is 262 g/mol. The number of rotatable bonds is 5. The van der Waals surface area contributed by atoms with Gasteiger partial charge in [-0.2, -0.15) is 0 Å². The van der Waals surface area contributed by atoms with Gasteiger partial charge in [-0.15, -0.1) is 0 Å². The van der Waals surface area contributed by atoms with Crippen LogP contribution in [0.5, 0.6) is 0 Å². The molecule has 94 valence electrons. The Labute approximate surface area is 109 Å². The summed E-state index contributed by atoms with van der Waals surface area (Å²) in [4.78, 5) is 2.61. The molecule has 0 N–H and O–H groups in total. The van der Waals surface area contributed by atoms with Gasteiger partial charge in [0.25, 0.3) is 0 Å². The number of hydrogen-bond acceptors (Lipinski definition) is 1. The summed E-state index contributed by atoms with van der Waals surface area (Å²) in [5.41, 5.74) is 0.605. The van der Waals surface area contributed by atoms with Gasteiger partial charge in [-0.25, -0.2) is 0 Å². The first-order valence-corrected chi connectivity index (χ1v) is 8.11. The molecule has 0 aromatic heterocycles. The number of halogens is 1. The van der Waals surface area contributed by atoms with E-state index in [1.807, 2.05) is 0 Å². The molecule has 0 aromatic carbocycles. The first-order chi connectivity index (χ1) is 7.74. The molecule has 0 aliphatic heterocycles. The number of nitrogens with zero attached hydrogens (tertiary/aromatic N) is 1. The van der Waals surface area contributed by atoms with Crippen LogP contribution in [0.4, 0.5) is 0 Å². The highest BCUT2D eigenvalue weighted by atomic mass is 79.9. The van der Waals surface area contributed by atoms with Crippen molar-refractivity contribution >= 4 is 15.9 Å². The van der Waals surface area contributed by atoms with Crippen LogP contribution in [-0.4, -0.2) is 30.4 Å². The number of hydrogen-bond donors (Lipinski definition) is 0. The molecule has 0 radical (unpaired) electrons. The number of alkyl halides is 1. The second-order valence-corrected chi connectivity index (χ2v) is 6.75. The van der Waals surface area contributed by atoms with Gasteiger partial charge in [-0.05, 0) is 44.1 Å². The minimum atomic E-state index is 0.605. The van der Waals surface area contributed by atoms with Crippen molar-refractivity contribution in [3.05, 3.63) is 0 Å². The molecule has 2 rings (SSSR count). The molecular formula is C14H26BrN. The molecule has 0 atom stereocenters. The highest BCUT2D eigenvalue weighted by Crippen LogP contribution is 2.40. The summed E-state index contributed by atoms with van der Waals surface area (Å²) in [5.74, 6) is 0.999. The van der Waals surface area contributed by atoms with Crippen LogP contribution in [0.2, 0.25) is 0 Å². The van der Waals surface area contributed by atoms with Gasteiger partial charge >= 0.3 is 0 Å². The molecule has 2 saturated carbocycles. The largest absolute Gasteiger partial charge is 0.306 e. The molecule has 2 fully saturated rings. The average Bonchev–Trinajstić information content (AvgIpc) is 2.90. The highest BCUT2D eigenvalue weighted by Gasteiger charge is 2.34. The van der Waals surface area contributed by atoms with E-state index in [9.17, 15) is 0 Å². The maximum absolute atomic E-state index is 3.75. The molecule has 2 aliphatic carbocycles. The zero-order valence-electron chi connectivity index (χ0n) is 10.7. The van der Waals surface area contributed by atoms with Crippen LogP contribution in [0.25, 0.3) is 0 Å². The molecule has 0 aromatic rings. The SMILES string of the molecule is CN(CC1CCCC1)CC1(CBr)CCCC1. The van der Waals surface area contributed by atoms with Crippen LogP contribution in [0.15, 0.2) is 0 Å². The molecule has 2 heteroatoms. The molecule has 0 saturated heterocycles. The predicted molar refractivity (Wildman–Crippen MR) is 74.2 cm³/mol. The van der Waals surface area contributed by atoms with E-state index in [4.69, 9.17) is 0 Å². The first kappa shape index (κ1) is 12.9. The van der Waals surface area contributed by atoms with Gasteiger partial charge in [0.2, 0.25) is 0 Å². The predicted octanol–water partition coefficient (Wildman–Crippen LogP) is 4.06. The van der Waals surface area contributed by atoms with Gasteiger partial charge in [0.15, 0.2) is 0 Å². The van der Waals surface area contributed by atoms with E-state index in [1.165, 1.54) is 69.8 Å². The molecule has 0 heterocycles. The fourth-order valence-corrected chi connectivity index (χ4v) is 4.47. The zero-order valence-corrected chi connectivity index (χ0v) is 12.3. The van der Waals surface area contributed by atoms with E-state index in [0.717, 1.165) is 5.92 Å². The maximum atomic E-state index is 3.75. The van der Waals surface area contributed by atoms with Gasteiger partial charge in [0, 0.05) is 18.4 Å². The Bertz CT molecular complexity index is 205. The lowest BCUT2D eigenvalue weighted by Crippen LogP contribution is -2.37. The first-order valence-electron chi connectivity index (χ1n) is 6.99. The Balaban J connectivity index is 1.78. The van der Waals surface area contributed by atoms with Crippen molar-refractivity contribution in [3.8, 4) is 0 Å². The fourth-order valence-electron chi connectivity index (χ4n) is 3.73. The van der Waals surface area contributed by atoms with Crippen molar-refractivity contribution in [2.45, 2.75) is 51.4 Å². The van der Waals surface area contributed by atoms with Crippen LogP contribution < -0.4 is 0 Å². The third-order valence-electron chi connectivity index (χ3n) is 4.60. The van der Waals surface area contributed by atoms with Crippen molar-refractivity contribution in [2.75, 3.05) is 25.5 Å². The zero-order chi connectivity index (χ0) is 11.4. The van der Waals surface area contributed by atoms with Gasteiger partial charge in [0.1, 0.15) is 0 Å². The quantitative estimate of drug-likeness (QED) is 0.689. The smallest absolute Gasteiger partial charge is 0.0100 e. The third kappa shape index (κ3) is 3.22. The monoisotopic (exact) mass is 287 g/mol. The topological polar surface area (TPSA) is 3.24 Å². The summed E-state index contributed by atoms with van der Waals surface area (Å²) in [5, 5.41) is 1.20. The van der Waals surface area contributed by atoms with Crippen LogP contribution in [0.3, 0.4) is 0 Å². The van der Waals surface area contributed by atoms with Gasteiger partial charge in [-0.1, -0.05) is 41.6 Å². The second kappa shape index (κ2) is 5.86. The van der Waals surface area contributed by atoms with Crippen LogP contribution in [0.1, 0.15) is 51.4 Å². The lowest BCUT2D eigenvalue weighted by Gasteiger charge is -2.33. The Morgan fingerprint density at radius 2 is 1.75 bits per heavy atom. The Morgan fingerprint density at radius 3 is 2.31 bits per heavy atom. The summed E-state index contributed by atoms with van der Waals surface area (Å²) in [7, 11) is 2.33. The molecule has 0 spiro atoms. The summed E-state index contributed by atoms with van der Waals surface area (Å²) in [6.45, 7) is 2.66. The van der Waals surface area contributed by atoms with Crippen molar-refractivity contribution < 1.29 is 0 Å². The second-order valence-electron chi connectivity index (χ2n) is 6.19. The standard InChI is InChI=1S/C14H26BrN/c1-16(10-13-6-2-3-7-13)12-14(11-15)8-4-5-9-14/h13H,2-12H2,1H3. The Hall–Kier alpha value is 0.440. The van der Waals surface area contributed by atoms with E-state index in [0.29, 0.717) is 5.41 Å². The minimum Gasteiger partial charge on any atom is -0.306 e. The molecule has 0 bridgehead atoms. The molecule has 0 unspecified atom stereocenters.